The molecule has 0 bridgehead atoms. The van der Waals surface area contributed by atoms with Crippen molar-refractivity contribution in [2.75, 3.05) is 32.1 Å². The highest BCUT2D eigenvalue weighted by Crippen LogP contribution is 2.36. The van der Waals surface area contributed by atoms with E-state index in [9.17, 15) is 9.59 Å². The maximum absolute atomic E-state index is 12.7. The van der Waals surface area contributed by atoms with E-state index in [4.69, 9.17) is 4.74 Å². The summed E-state index contributed by atoms with van der Waals surface area (Å²) in [5, 5.41) is 5.56. The number of nitrogens with zero attached hydrogens (tertiary/aromatic N) is 1. The average molecular weight is 426 g/mol. The minimum Gasteiger partial charge on any atom is -0.497 e. The van der Waals surface area contributed by atoms with Crippen LogP contribution in [-0.4, -0.2) is 48.7 Å². The van der Waals surface area contributed by atoms with Gasteiger partial charge >= 0.3 is 0 Å². The normalized spacial score (nSPS) is 19.6. The first-order valence-electron chi connectivity index (χ1n) is 10.4. The molecule has 2 aromatic rings. The minimum absolute atomic E-state index is 0.0975. The predicted molar refractivity (Wildman–Crippen MR) is 119 cm³/mol. The van der Waals surface area contributed by atoms with Gasteiger partial charge in [-0.3, -0.25) is 14.5 Å². The van der Waals surface area contributed by atoms with Gasteiger partial charge in [0.2, 0.25) is 11.8 Å². The van der Waals surface area contributed by atoms with E-state index in [0.717, 1.165) is 35.0 Å². The van der Waals surface area contributed by atoms with E-state index in [1.807, 2.05) is 36.4 Å². The molecule has 2 N–H and O–H groups in total. The van der Waals surface area contributed by atoms with Crippen molar-refractivity contribution in [3.63, 3.8) is 0 Å². The fourth-order valence-corrected chi connectivity index (χ4v) is 5.13. The monoisotopic (exact) mass is 425 g/mol. The number of thioether (sulfide) groups is 1. The molecule has 0 unspecified atom stereocenters. The number of nitrogens with one attached hydrogen (secondary N) is 2. The summed E-state index contributed by atoms with van der Waals surface area (Å²) < 4.78 is 5.27. The molecule has 0 spiro atoms. The van der Waals surface area contributed by atoms with Crippen LogP contribution in [-0.2, 0) is 9.59 Å². The first-order valence-corrected chi connectivity index (χ1v) is 11.2. The summed E-state index contributed by atoms with van der Waals surface area (Å²) in [6, 6.07) is 15.9. The van der Waals surface area contributed by atoms with Gasteiger partial charge in [-0.2, -0.15) is 0 Å². The van der Waals surface area contributed by atoms with Crippen LogP contribution in [0.3, 0.4) is 0 Å². The quantitative estimate of drug-likeness (QED) is 0.711. The van der Waals surface area contributed by atoms with Crippen molar-refractivity contribution in [3.05, 3.63) is 54.1 Å². The number of ether oxygens (including phenoxy) is 1. The Morgan fingerprint density at radius 2 is 1.93 bits per heavy atom. The zero-order valence-corrected chi connectivity index (χ0v) is 17.9. The number of benzene rings is 2. The molecule has 0 aliphatic carbocycles. The van der Waals surface area contributed by atoms with Gasteiger partial charge in [-0.25, -0.2) is 0 Å². The van der Waals surface area contributed by atoms with Crippen molar-refractivity contribution < 1.29 is 14.3 Å². The Labute approximate surface area is 181 Å². The standard InChI is InChI=1S/C23H27N3O3S/c1-29-17-10-8-16(9-11-17)19(26-12-4-5-13-26)15-24-22(27)14-21-23(28)25-18-6-2-3-7-20(18)30-21/h2-3,6-11,19,21H,4-5,12-15H2,1H3,(H,24,27)(H,25,28)/t19-,21+/m0/s1. The molecule has 6 nitrogen and oxygen atoms in total. The predicted octanol–water partition coefficient (Wildman–Crippen LogP) is 3.45. The molecule has 0 radical (unpaired) electrons. The summed E-state index contributed by atoms with van der Waals surface area (Å²) >= 11 is 1.46. The third kappa shape index (κ3) is 4.79. The van der Waals surface area contributed by atoms with Gasteiger partial charge in [-0.1, -0.05) is 24.3 Å². The number of rotatable bonds is 7. The molecule has 1 saturated heterocycles. The van der Waals surface area contributed by atoms with Crippen molar-refractivity contribution >= 4 is 29.3 Å². The highest BCUT2D eigenvalue weighted by Gasteiger charge is 2.30. The maximum Gasteiger partial charge on any atom is 0.238 e. The topological polar surface area (TPSA) is 70.7 Å². The van der Waals surface area contributed by atoms with E-state index in [2.05, 4.69) is 27.7 Å². The lowest BCUT2D eigenvalue weighted by Gasteiger charge is -2.29. The number of carbonyl (C=O) groups excluding carboxylic acids is 2. The Morgan fingerprint density at radius 1 is 1.20 bits per heavy atom. The minimum atomic E-state index is -0.411. The van der Waals surface area contributed by atoms with Crippen LogP contribution in [0.4, 0.5) is 5.69 Å². The number of hydrogen-bond acceptors (Lipinski definition) is 5. The molecule has 2 aliphatic heterocycles. The molecule has 30 heavy (non-hydrogen) atoms. The number of hydrogen-bond donors (Lipinski definition) is 2. The smallest absolute Gasteiger partial charge is 0.238 e. The summed E-state index contributed by atoms with van der Waals surface area (Å²) in [6.45, 7) is 2.59. The van der Waals surface area contributed by atoms with Crippen LogP contribution in [0.5, 0.6) is 5.75 Å². The highest BCUT2D eigenvalue weighted by molar-refractivity contribution is 8.01. The van der Waals surface area contributed by atoms with Crippen LogP contribution in [0.25, 0.3) is 0 Å². The second kappa shape index (κ2) is 9.53. The number of methoxy groups -OCH3 is 1. The van der Waals surface area contributed by atoms with Crippen LogP contribution in [0.1, 0.15) is 30.9 Å². The molecule has 4 rings (SSSR count). The summed E-state index contributed by atoms with van der Waals surface area (Å²) in [7, 11) is 1.66. The Hall–Kier alpha value is -2.51. The second-order valence-corrected chi connectivity index (χ2v) is 8.88. The second-order valence-electron chi connectivity index (χ2n) is 7.63. The SMILES string of the molecule is COc1ccc([C@H](CNC(=O)C[C@H]2Sc3ccccc3NC2=O)N2CCCC2)cc1. The molecule has 1 fully saturated rings. The van der Waals surface area contributed by atoms with E-state index in [1.165, 1.54) is 24.6 Å². The number of amides is 2. The van der Waals surface area contributed by atoms with Crippen molar-refractivity contribution in [1.29, 1.82) is 0 Å². The lowest BCUT2D eigenvalue weighted by atomic mass is 10.0. The zero-order valence-electron chi connectivity index (χ0n) is 17.1. The summed E-state index contributed by atoms with van der Waals surface area (Å²) in [4.78, 5) is 28.5. The number of carbonyl (C=O) groups is 2. The van der Waals surface area contributed by atoms with E-state index in [-0.39, 0.29) is 24.3 Å². The van der Waals surface area contributed by atoms with Crippen LogP contribution >= 0.6 is 11.8 Å². The van der Waals surface area contributed by atoms with Crippen LogP contribution in [0.15, 0.2) is 53.4 Å². The molecular weight excluding hydrogens is 398 g/mol. The van der Waals surface area contributed by atoms with Crippen molar-refractivity contribution in [2.24, 2.45) is 0 Å². The van der Waals surface area contributed by atoms with Gasteiger partial charge < -0.3 is 15.4 Å². The van der Waals surface area contributed by atoms with E-state index in [1.54, 1.807) is 7.11 Å². The molecule has 158 valence electrons. The largest absolute Gasteiger partial charge is 0.497 e. The van der Waals surface area contributed by atoms with Crippen molar-refractivity contribution in [1.82, 2.24) is 10.2 Å². The molecule has 2 amide bonds. The van der Waals surface area contributed by atoms with Gasteiger partial charge in [-0.05, 0) is 55.8 Å². The molecule has 2 heterocycles. The van der Waals surface area contributed by atoms with Crippen LogP contribution in [0, 0.1) is 0 Å². The Bertz CT molecular complexity index is 897. The van der Waals surface area contributed by atoms with Crippen LogP contribution < -0.4 is 15.4 Å². The van der Waals surface area contributed by atoms with Gasteiger partial charge in [-0.15, -0.1) is 11.8 Å². The summed E-state index contributed by atoms with van der Waals surface area (Å²) in [5.41, 5.74) is 1.98. The molecule has 7 heteroatoms. The van der Waals surface area contributed by atoms with Gasteiger partial charge in [0, 0.05) is 17.9 Å². The highest BCUT2D eigenvalue weighted by atomic mass is 32.2. The summed E-state index contributed by atoms with van der Waals surface area (Å²) in [5.74, 6) is 0.614. The fourth-order valence-electron chi connectivity index (χ4n) is 4.02. The number of para-hydroxylation sites is 1. The molecule has 2 aromatic carbocycles. The Kier molecular flexibility index (Phi) is 6.59. The average Bonchev–Trinajstić information content (AvgIpc) is 3.29. The van der Waals surface area contributed by atoms with Crippen molar-refractivity contribution in [3.8, 4) is 5.75 Å². The van der Waals surface area contributed by atoms with Gasteiger partial charge in [0.25, 0.3) is 0 Å². The lowest BCUT2D eigenvalue weighted by Crippen LogP contribution is -2.39. The number of anilines is 1. The molecule has 0 aromatic heterocycles. The third-order valence-corrected chi connectivity index (χ3v) is 6.93. The molecule has 2 aliphatic rings. The zero-order chi connectivity index (χ0) is 20.9. The first kappa shape index (κ1) is 20.8. The first-order chi connectivity index (χ1) is 14.6. The maximum atomic E-state index is 12.7. The third-order valence-electron chi connectivity index (χ3n) is 5.65. The van der Waals surface area contributed by atoms with E-state index < -0.39 is 5.25 Å². The van der Waals surface area contributed by atoms with Gasteiger partial charge in [0.15, 0.2) is 0 Å². The molecule has 2 atom stereocenters. The van der Waals surface area contributed by atoms with E-state index >= 15 is 0 Å². The van der Waals surface area contributed by atoms with E-state index in [0.29, 0.717) is 6.54 Å². The van der Waals surface area contributed by atoms with Gasteiger partial charge in [0.05, 0.1) is 24.1 Å². The van der Waals surface area contributed by atoms with Crippen molar-refractivity contribution in [2.45, 2.75) is 35.4 Å². The molecular formula is C23H27N3O3S. The number of fused-ring (bicyclic) bond motifs is 1. The lowest BCUT2D eigenvalue weighted by molar-refractivity contribution is -0.124. The number of likely N-dealkylation sites (tertiary alicyclic amines) is 1. The molecule has 0 saturated carbocycles. The Morgan fingerprint density at radius 3 is 2.67 bits per heavy atom. The fraction of sp³-hybridized carbons (Fsp3) is 0.391. The Balaban J connectivity index is 1.38. The van der Waals surface area contributed by atoms with Gasteiger partial charge in [0.1, 0.15) is 5.75 Å². The van der Waals surface area contributed by atoms with Crippen LogP contribution in [0.2, 0.25) is 0 Å². The summed E-state index contributed by atoms with van der Waals surface area (Å²) in [6.07, 6.45) is 2.53.